The van der Waals surface area contributed by atoms with Crippen LogP contribution in [-0.2, 0) is 11.3 Å². The van der Waals surface area contributed by atoms with Crippen molar-refractivity contribution in [2.24, 2.45) is 0 Å². The summed E-state index contributed by atoms with van der Waals surface area (Å²) < 4.78 is 13.0. The zero-order valence-electron chi connectivity index (χ0n) is 17.8. The number of fused-ring (bicyclic) bond motifs is 1. The summed E-state index contributed by atoms with van der Waals surface area (Å²) in [5.74, 6) is -0.793. The van der Waals surface area contributed by atoms with Crippen molar-refractivity contribution in [2.75, 3.05) is 6.61 Å². The summed E-state index contributed by atoms with van der Waals surface area (Å²) in [6, 6.07) is 29.2. The molecule has 1 atom stereocenters. The molecule has 1 aromatic heterocycles. The van der Waals surface area contributed by atoms with Crippen molar-refractivity contribution >= 4 is 5.97 Å². The Kier molecular flexibility index (Phi) is 5.72. The van der Waals surface area contributed by atoms with Gasteiger partial charge in [-0.1, -0.05) is 91.0 Å². The Labute approximate surface area is 191 Å². The second kappa shape index (κ2) is 9.12. The van der Waals surface area contributed by atoms with Crippen LogP contribution in [0, 0.1) is 0 Å². The molecular formula is C27H22N2O4. The van der Waals surface area contributed by atoms with Crippen LogP contribution >= 0.6 is 0 Å². The molecule has 0 spiro atoms. The fraction of sp³-hybridized carbons (Fsp3) is 0.148. The molecule has 1 aliphatic heterocycles. The molecule has 164 valence electrons. The first-order chi connectivity index (χ1) is 16.2. The predicted octanol–water partition coefficient (Wildman–Crippen LogP) is 4.37. The van der Waals surface area contributed by atoms with Gasteiger partial charge in [0.15, 0.2) is 5.69 Å². The smallest absolute Gasteiger partial charge is 0.360 e. The van der Waals surface area contributed by atoms with Crippen LogP contribution < -0.4 is 10.2 Å². The first-order valence-electron chi connectivity index (χ1n) is 10.8. The second-order valence-corrected chi connectivity index (χ2v) is 7.87. The van der Waals surface area contributed by atoms with Crippen molar-refractivity contribution in [3.63, 3.8) is 0 Å². The molecule has 0 saturated carbocycles. The van der Waals surface area contributed by atoms with Gasteiger partial charge in [-0.3, -0.25) is 4.79 Å². The minimum Gasteiger partial charge on any atom is -0.482 e. The third kappa shape index (κ3) is 4.15. The molecule has 0 bridgehead atoms. The summed E-state index contributed by atoms with van der Waals surface area (Å²) >= 11 is 0. The number of carbonyl (C=O) groups is 1. The molecule has 1 unspecified atom stereocenters. The number of aromatic nitrogens is 2. The van der Waals surface area contributed by atoms with Crippen LogP contribution in [0.15, 0.2) is 102 Å². The van der Waals surface area contributed by atoms with Gasteiger partial charge in [0.1, 0.15) is 13.2 Å². The lowest BCUT2D eigenvalue weighted by atomic mass is 9.85. The lowest BCUT2D eigenvalue weighted by Crippen LogP contribution is -2.37. The molecule has 3 aromatic carbocycles. The molecular weight excluding hydrogens is 416 g/mol. The molecule has 0 N–H and O–H groups in total. The Bertz CT molecular complexity index is 1270. The molecule has 0 amide bonds. The molecule has 2 heterocycles. The Hall–Kier alpha value is -4.19. The van der Waals surface area contributed by atoms with Gasteiger partial charge in [0, 0.05) is 5.92 Å². The van der Waals surface area contributed by atoms with Crippen molar-refractivity contribution in [1.29, 1.82) is 0 Å². The highest BCUT2D eigenvalue weighted by Crippen LogP contribution is 2.38. The molecule has 5 rings (SSSR count). The van der Waals surface area contributed by atoms with E-state index >= 15 is 0 Å². The maximum Gasteiger partial charge on any atom is 0.360 e. The fourth-order valence-corrected chi connectivity index (χ4v) is 4.25. The Morgan fingerprint density at radius 1 is 0.879 bits per heavy atom. The summed E-state index contributed by atoms with van der Waals surface area (Å²) in [6.07, 6.45) is 1.21. The number of nitrogens with zero attached hydrogens (tertiary/aromatic N) is 2. The highest BCUT2D eigenvalue weighted by molar-refractivity contribution is 5.91. The maximum absolute atomic E-state index is 12.8. The van der Waals surface area contributed by atoms with E-state index < -0.39 is 11.4 Å². The first-order valence-corrected chi connectivity index (χ1v) is 10.8. The number of rotatable bonds is 6. The zero-order valence-corrected chi connectivity index (χ0v) is 17.8. The summed E-state index contributed by atoms with van der Waals surface area (Å²) in [5.41, 5.74) is 2.60. The molecule has 0 radical (unpaired) electrons. The lowest BCUT2D eigenvalue weighted by Gasteiger charge is -2.33. The van der Waals surface area contributed by atoms with Crippen LogP contribution in [0.3, 0.4) is 0 Å². The van der Waals surface area contributed by atoms with E-state index in [4.69, 9.17) is 9.47 Å². The third-order valence-corrected chi connectivity index (χ3v) is 5.79. The first kappa shape index (κ1) is 20.7. The van der Waals surface area contributed by atoms with Crippen molar-refractivity contribution in [1.82, 2.24) is 9.78 Å². The van der Waals surface area contributed by atoms with Crippen molar-refractivity contribution in [2.45, 2.75) is 18.6 Å². The van der Waals surface area contributed by atoms with E-state index in [1.54, 1.807) is 4.68 Å². The quantitative estimate of drug-likeness (QED) is 0.418. The number of ether oxygens (including phenoxy) is 2. The van der Waals surface area contributed by atoms with Gasteiger partial charge in [0.2, 0.25) is 11.2 Å². The van der Waals surface area contributed by atoms with E-state index in [0.717, 1.165) is 16.7 Å². The predicted molar refractivity (Wildman–Crippen MR) is 123 cm³/mol. The molecule has 0 saturated heterocycles. The van der Waals surface area contributed by atoms with E-state index in [0.29, 0.717) is 0 Å². The SMILES string of the molecule is O=C1OCC(C(c2ccccc2)c2ccccc2)n2ncc(=O)c(OCc3ccccc3)c21. The second-order valence-electron chi connectivity index (χ2n) is 7.87. The highest BCUT2D eigenvalue weighted by Gasteiger charge is 2.37. The van der Waals surface area contributed by atoms with Gasteiger partial charge in [-0.2, -0.15) is 5.10 Å². The van der Waals surface area contributed by atoms with Gasteiger partial charge in [-0.05, 0) is 16.7 Å². The van der Waals surface area contributed by atoms with Crippen molar-refractivity contribution in [3.8, 4) is 5.75 Å². The fourth-order valence-electron chi connectivity index (χ4n) is 4.25. The largest absolute Gasteiger partial charge is 0.482 e. The minimum absolute atomic E-state index is 0.0385. The molecule has 6 nitrogen and oxygen atoms in total. The van der Waals surface area contributed by atoms with E-state index in [1.807, 2.05) is 91.0 Å². The molecule has 4 aromatic rings. The van der Waals surface area contributed by atoms with Gasteiger partial charge < -0.3 is 9.47 Å². The van der Waals surface area contributed by atoms with Gasteiger partial charge in [-0.15, -0.1) is 0 Å². The molecule has 1 aliphatic rings. The maximum atomic E-state index is 12.8. The Morgan fingerprint density at radius 2 is 1.45 bits per heavy atom. The van der Waals surface area contributed by atoms with Crippen LogP contribution in [0.4, 0.5) is 0 Å². The number of benzene rings is 3. The summed E-state index contributed by atoms with van der Waals surface area (Å²) in [6.45, 7) is 0.292. The van der Waals surface area contributed by atoms with Crippen LogP contribution in [0.5, 0.6) is 5.75 Å². The standard InChI is InChI=1S/C27H22N2O4/c30-23-16-28-29-22(24(20-12-6-2-7-13-20)21-14-8-3-9-15-21)18-33-27(31)25(29)26(23)32-17-19-10-4-1-5-11-19/h1-16,22,24H,17-18H2. The molecule has 0 fully saturated rings. The van der Waals surface area contributed by atoms with E-state index in [9.17, 15) is 9.59 Å². The number of carbonyl (C=O) groups excluding carboxylic acids is 1. The summed E-state index contributed by atoms with van der Waals surface area (Å²) in [5, 5.41) is 4.36. The van der Waals surface area contributed by atoms with Crippen LogP contribution in [0.25, 0.3) is 0 Å². The van der Waals surface area contributed by atoms with Gasteiger partial charge in [0.25, 0.3) is 0 Å². The number of hydrogen-bond acceptors (Lipinski definition) is 5. The normalized spacial score (nSPS) is 15.1. The topological polar surface area (TPSA) is 70.4 Å². The Morgan fingerprint density at radius 3 is 2.06 bits per heavy atom. The van der Waals surface area contributed by atoms with Crippen molar-refractivity contribution < 1.29 is 14.3 Å². The lowest BCUT2D eigenvalue weighted by molar-refractivity contribution is 0.0298. The zero-order chi connectivity index (χ0) is 22.6. The van der Waals surface area contributed by atoms with Crippen LogP contribution in [-0.4, -0.2) is 22.4 Å². The van der Waals surface area contributed by atoms with Crippen molar-refractivity contribution in [3.05, 3.63) is 130 Å². The number of cyclic esters (lactones) is 1. The summed E-state index contributed by atoms with van der Waals surface area (Å²) in [4.78, 5) is 25.5. The van der Waals surface area contributed by atoms with Gasteiger partial charge in [-0.25, -0.2) is 9.48 Å². The number of hydrogen-bond donors (Lipinski definition) is 0. The monoisotopic (exact) mass is 438 g/mol. The molecule has 33 heavy (non-hydrogen) atoms. The van der Waals surface area contributed by atoms with Gasteiger partial charge >= 0.3 is 5.97 Å². The number of esters is 1. The third-order valence-electron chi connectivity index (χ3n) is 5.79. The van der Waals surface area contributed by atoms with E-state index in [2.05, 4.69) is 5.10 Å². The minimum atomic E-state index is -0.612. The highest BCUT2D eigenvalue weighted by atomic mass is 16.5. The Balaban J connectivity index is 1.59. The van der Waals surface area contributed by atoms with Gasteiger partial charge in [0.05, 0.1) is 12.2 Å². The molecule has 6 heteroatoms. The average molecular weight is 438 g/mol. The summed E-state index contributed by atoms with van der Waals surface area (Å²) in [7, 11) is 0. The average Bonchev–Trinajstić information content (AvgIpc) is 2.87. The van der Waals surface area contributed by atoms with E-state index in [1.165, 1.54) is 6.20 Å². The molecule has 0 aliphatic carbocycles. The van der Waals surface area contributed by atoms with Crippen LogP contribution in [0.1, 0.15) is 39.1 Å². The van der Waals surface area contributed by atoms with E-state index in [-0.39, 0.29) is 36.6 Å². The van der Waals surface area contributed by atoms with Crippen LogP contribution in [0.2, 0.25) is 0 Å².